The van der Waals surface area contributed by atoms with Gasteiger partial charge in [0, 0.05) is 28.8 Å². The lowest BCUT2D eigenvalue weighted by Crippen LogP contribution is -2.11. The fourth-order valence-electron chi connectivity index (χ4n) is 2.44. The van der Waals surface area contributed by atoms with E-state index in [0.717, 1.165) is 22.0 Å². The minimum absolute atomic E-state index is 0.267. The fourth-order valence-corrected chi connectivity index (χ4v) is 3.32. The lowest BCUT2D eigenvalue weighted by Gasteiger charge is -2.12. The van der Waals surface area contributed by atoms with Gasteiger partial charge in [-0.15, -0.1) is 11.3 Å². The Bertz CT molecular complexity index is 881. The maximum Gasteiger partial charge on any atom is 0.320 e. The van der Waals surface area contributed by atoms with E-state index in [1.54, 1.807) is 17.5 Å². The van der Waals surface area contributed by atoms with Gasteiger partial charge in [0.05, 0.1) is 23.9 Å². The van der Waals surface area contributed by atoms with Gasteiger partial charge in [0.1, 0.15) is 11.6 Å². The Labute approximate surface area is 156 Å². The maximum absolute atomic E-state index is 6.01. The van der Waals surface area contributed by atoms with Gasteiger partial charge in [-0.2, -0.15) is 9.97 Å². The van der Waals surface area contributed by atoms with E-state index in [1.807, 2.05) is 39.0 Å². The van der Waals surface area contributed by atoms with Crippen LogP contribution in [-0.4, -0.2) is 26.5 Å². The summed E-state index contributed by atoms with van der Waals surface area (Å²) in [5.41, 5.74) is 8.81. The van der Waals surface area contributed by atoms with E-state index >= 15 is 0 Å². The summed E-state index contributed by atoms with van der Waals surface area (Å²) in [5, 5.41) is 4.37. The molecule has 3 aromatic rings. The van der Waals surface area contributed by atoms with Crippen molar-refractivity contribution in [3.05, 3.63) is 51.2 Å². The molecule has 0 aliphatic carbocycles. The van der Waals surface area contributed by atoms with Crippen molar-refractivity contribution >= 4 is 23.0 Å². The van der Waals surface area contributed by atoms with Crippen molar-refractivity contribution in [2.45, 2.75) is 33.7 Å². The van der Waals surface area contributed by atoms with Gasteiger partial charge in [0.25, 0.3) is 0 Å². The van der Waals surface area contributed by atoms with Crippen LogP contribution >= 0.6 is 11.3 Å². The molecule has 0 aliphatic heterocycles. The first-order valence-electron chi connectivity index (χ1n) is 8.36. The molecule has 3 aromatic heterocycles. The summed E-state index contributed by atoms with van der Waals surface area (Å²) in [6, 6.07) is 6.07. The molecule has 26 heavy (non-hydrogen) atoms. The number of aromatic nitrogens is 4. The van der Waals surface area contributed by atoms with E-state index in [9.17, 15) is 0 Å². The Hall–Kier alpha value is -2.74. The predicted molar refractivity (Wildman–Crippen MR) is 104 cm³/mol. The van der Waals surface area contributed by atoms with Crippen molar-refractivity contribution in [1.82, 2.24) is 19.9 Å². The molecule has 3 rings (SSSR count). The normalized spacial score (nSPS) is 10.7. The molecule has 3 heterocycles. The molecule has 0 unspecified atom stereocenters. The number of ether oxygens (including phenoxy) is 1. The predicted octanol–water partition coefficient (Wildman–Crippen LogP) is 3.07. The first kappa shape index (κ1) is 18.1. The number of hydrogen-bond acceptors (Lipinski definition) is 8. The minimum atomic E-state index is 0.267. The molecular formula is C18H22N6OS. The van der Waals surface area contributed by atoms with Gasteiger partial charge in [0.15, 0.2) is 0 Å². The van der Waals surface area contributed by atoms with E-state index in [0.29, 0.717) is 31.2 Å². The van der Waals surface area contributed by atoms with Gasteiger partial charge in [-0.3, -0.25) is 4.98 Å². The second kappa shape index (κ2) is 8.09. The Morgan fingerprint density at radius 2 is 2.00 bits per heavy atom. The molecule has 0 bridgehead atoms. The number of hydrogen-bond donors (Lipinski definition) is 2. The number of thiazole rings is 1. The summed E-state index contributed by atoms with van der Waals surface area (Å²) in [6.45, 7) is 6.98. The summed E-state index contributed by atoms with van der Waals surface area (Å²) in [6.07, 6.45) is 2.45. The molecule has 0 saturated heterocycles. The Kier molecular flexibility index (Phi) is 5.62. The largest absolute Gasteiger partial charge is 0.463 e. The highest BCUT2D eigenvalue weighted by Crippen LogP contribution is 2.23. The monoisotopic (exact) mass is 370 g/mol. The lowest BCUT2D eigenvalue weighted by atomic mass is 10.3. The zero-order valence-corrected chi connectivity index (χ0v) is 15.9. The second-order valence-electron chi connectivity index (χ2n) is 5.88. The standard InChI is InChI=1S/C18H22N6OS/c1-11-16(19)23-18(25-9-7-14-6-4-5-8-20-14)24-17(11)21-10-15-12(2)22-13(3)26-15/h4-6,8H,7,9-10H2,1-3H3,(H3,19,21,23,24). The molecule has 8 heteroatoms. The van der Waals surface area contributed by atoms with Gasteiger partial charge in [-0.25, -0.2) is 4.98 Å². The Morgan fingerprint density at radius 3 is 2.69 bits per heavy atom. The van der Waals surface area contributed by atoms with Crippen molar-refractivity contribution in [3.63, 3.8) is 0 Å². The van der Waals surface area contributed by atoms with Gasteiger partial charge < -0.3 is 15.8 Å². The molecular weight excluding hydrogens is 348 g/mol. The summed E-state index contributed by atoms with van der Waals surface area (Å²) >= 11 is 1.67. The van der Waals surface area contributed by atoms with Crippen LogP contribution < -0.4 is 15.8 Å². The molecule has 0 spiro atoms. The molecule has 0 atom stereocenters. The third-order valence-corrected chi connectivity index (χ3v) is 4.97. The van der Waals surface area contributed by atoms with Gasteiger partial charge in [0.2, 0.25) is 0 Å². The van der Waals surface area contributed by atoms with Crippen LogP contribution in [-0.2, 0) is 13.0 Å². The van der Waals surface area contributed by atoms with Crippen LogP contribution in [0.15, 0.2) is 24.4 Å². The maximum atomic E-state index is 6.01. The number of anilines is 2. The molecule has 0 amide bonds. The molecule has 3 N–H and O–H groups in total. The molecule has 0 saturated carbocycles. The summed E-state index contributed by atoms with van der Waals surface area (Å²) in [5.74, 6) is 1.09. The molecule has 0 radical (unpaired) electrons. The summed E-state index contributed by atoms with van der Waals surface area (Å²) < 4.78 is 5.67. The number of nitrogen functional groups attached to an aromatic ring is 1. The quantitative estimate of drug-likeness (QED) is 0.659. The second-order valence-corrected chi connectivity index (χ2v) is 7.17. The van der Waals surface area contributed by atoms with Gasteiger partial charge in [-0.1, -0.05) is 6.07 Å². The van der Waals surface area contributed by atoms with Gasteiger partial charge >= 0.3 is 6.01 Å². The van der Waals surface area contributed by atoms with Crippen LogP contribution in [0.4, 0.5) is 11.6 Å². The molecule has 0 fully saturated rings. The number of nitrogens with two attached hydrogens (primary N) is 1. The van der Waals surface area contributed by atoms with Crippen LogP contribution in [0.1, 0.15) is 26.8 Å². The van der Waals surface area contributed by atoms with Crippen molar-refractivity contribution < 1.29 is 4.74 Å². The van der Waals surface area contributed by atoms with Crippen LogP contribution in [0.3, 0.4) is 0 Å². The average molecular weight is 370 g/mol. The van der Waals surface area contributed by atoms with Crippen LogP contribution in [0, 0.1) is 20.8 Å². The third-order valence-electron chi connectivity index (χ3n) is 3.89. The van der Waals surface area contributed by atoms with Crippen molar-refractivity contribution in [3.8, 4) is 6.01 Å². The van der Waals surface area contributed by atoms with E-state index in [2.05, 4.69) is 25.3 Å². The molecule has 0 aromatic carbocycles. The van der Waals surface area contributed by atoms with Crippen LogP contribution in [0.2, 0.25) is 0 Å². The smallest absolute Gasteiger partial charge is 0.320 e. The van der Waals surface area contributed by atoms with E-state index in [-0.39, 0.29) is 6.01 Å². The van der Waals surface area contributed by atoms with Crippen molar-refractivity contribution in [2.75, 3.05) is 17.7 Å². The third kappa shape index (κ3) is 4.45. The number of nitrogens with zero attached hydrogens (tertiary/aromatic N) is 4. The van der Waals surface area contributed by atoms with E-state index in [1.165, 1.54) is 4.88 Å². The minimum Gasteiger partial charge on any atom is -0.463 e. The number of aryl methyl sites for hydroxylation is 2. The number of rotatable bonds is 7. The zero-order chi connectivity index (χ0) is 18.5. The zero-order valence-electron chi connectivity index (χ0n) is 15.1. The van der Waals surface area contributed by atoms with Crippen molar-refractivity contribution in [1.29, 1.82) is 0 Å². The number of nitrogens with one attached hydrogen (secondary N) is 1. The van der Waals surface area contributed by atoms with Crippen LogP contribution in [0.25, 0.3) is 0 Å². The number of pyridine rings is 1. The Morgan fingerprint density at radius 1 is 1.15 bits per heavy atom. The van der Waals surface area contributed by atoms with Gasteiger partial charge in [-0.05, 0) is 32.9 Å². The van der Waals surface area contributed by atoms with Crippen molar-refractivity contribution in [2.24, 2.45) is 0 Å². The molecule has 0 aliphatic rings. The first-order chi connectivity index (χ1) is 12.5. The highest BCUT2D eigenvalue weighted by Gasteiger charge is 2.11. The summed E-state index contributed by atoms with van der Waals surface area (Å²) in [4.78, 5) is 18.6. The first-order valence-corrected chi connectivity index (χ1v) is 9.18. The fraction of sp³-hybridized carbons (Fsp3) is 0.333. The van der Waals surface area contributed by atoms with E-state index < -0.39 is 0 Å². The van der Waals surface area contributed by atoms with Crippen LogP contribution in [0.5, 0.6) is 6.01 Å². The lowest BCUT2D eigenvalue weighted by molar-refractivity contribution is 0.296. The highest BCUT2D eigenvalue weighted by atomic mass is 32.1. The molecule has 136 valence electrons. The Balaban J connectivity index is 1.65. The highest BCUT2D eigenvalue weighted by molar-refractivity contribution is 7.11. The molecule has 7 nitrogen and oxygen atoms in total. The SMILES string of the molecule is Cc1nc(C)c(CNc2nc(OCCc3ccccn3)nc(N)c2C)s1. The topological polar surface area (TPSA) is 98.8 Å². The van der Waals surface area contributed by atoms with E-state index in [4.69, 9.17) is 10.5 Å². The average Bonchev–Trinajstić information content (AvgIpc) is 2.95. The summed E-state index contributed by atoms with van der Waals surface area (Å²) in [7, 11) is 0.